The lowest BCUT2D eigenvalue weighted by Crippen LogP contribution is -2.54. The highest BCUT2D eigenvalue weighted by molar-refractivity contribution is 8.93. The molecule has 4 amide bonds. The number of ether oxygens (including phenoxy) is 1. The number of benzene rings is 1. The average molecular weight is 495 g/mol. The molecule has 0 spiro atoms. The molecule has 1 aliphatic carbocycles. The Labute approximate surface area is 191 Å². The number of imide groups is 2. The van der Waals surface area contributed by atoms with E-state index in [0.717, 1.165) is 30.7 Å². The highest BCUT2D eigenvalue weighted by atomic mass is 79.9. The van der Waals surface area contributed by atoms with Crippen LogP contribution in [0, 0.1) is 0 Å². The van der Waals surface area contributed by atoms with E-state index < -0.39 is 23.8 Å². The Kier molecular flexibility index (Phi) is 7.45. The van der Waals surface area contributed by atoms with E-state index in [9.17, 15) is 19.2 Å². The Balaban J connectivity index is 0.00000272. The fourth-order valence-electron chi connectivity index (χ4n) is 4.17. The number of anilines is 1. The number of fused-ring (bicyclic) bond motifs is 1. The molecule has 1 aromatic carbocycles. The summed E-state index contributed by atoms with van der Waals surface area (Å²) in [6.45, 7) is 1.64. The molecule has 1 atom stereocenters. The standard InChI is InChI=1S/C21H26N4O5.BrH/c1-22-8-3-9-30-13-10-12(11-13)23-15-5-2-4-14-18(15)21(29)25(20(14)28)16-6-7-17(26)24-19(16)27;/h2,4-5,12-13,16,22-23H,3,6-11H2,1H3,(H,24,26,27);1H. The lowest BCUT2D eigenvalue weighted by molar-refractivity contribution is -0.136. The van der Waals surface area contributed by atoms with Crippen LogP contribution in [0.25, 0.3) is 0 Å². The molecule has 9 nitrogen and oxygen atoms in total. The molecule has 4 rings (SSSR count). The van der Waals surface area contributed by atoms with Gasteiger partial charge in [0.1, 0.15) is 6.04 Å². The number of hydrogen-bond acceptors (Lipinski definition) is 7. The second-order valence-corrected chi connectivity index (χ2v) is 7.94. The molecule has 1 saturated carbocycles. The van der Waals surface area contributed by atoms with Gasteiger partial charge in [0.25, 0.3) is 11.8 Å². The van der Waals surface area contributed by atoms with Crippen LogP contribution >= 0.6 is 17.0 Å². The Bertz CT molecular complexity index is 887. The molecule has 10 heteroatoms. The molecule has 1 aromatic rings. The number of piperidine rings is 1. The van der Waals surface area contributed by atoms with Gasteiger partial charge in [-0.25, -0.2) is 0 Å². The lowest BCUT2D eigenvalue weighted by Gasteiger charge is -2.36. The van der Waals surface area contributed by atoms with E-state index >= 15 is 0 Å². The molecule has 168 valence electrons. The van der Waals surface area contributed by atoms with Gasteiger partial charge in [-0.1, -0.05) is 6.07 Å². The van der Waals surface area contributed by atoms with Crippen LogP contribution in [-0.2, 0) is 14.3 Å². The van der Waals surface area contributed by atoms with Crippen LogP contribution < -0.4 is 16.0 Å². The average Bonchev–Trinajstić information content (AvgIpc) is 2.94. The van der Waals surface area contributed by atoms with Crippen molar-refractivity contribution in [1.29, 1.82) is 0 Å². The van der Waals surface area contributed by atoms with Gasteiger partial charge in [-0.05, 0) is 51.4 Å². The third-order valence-electron chi connectivity index (χ3n) is 5.85. The molecule has 2 heterocycles. The van der Waals surface area contributed by atoms with Gasteiger partial charge < -0.3 is 15.4 Å². The molecule has 0 aromatic heterocycles. The number of carbonyl (C=O) groups is 4. The fourth-order valence-corrected chi connectivity index (χ4v) is 4.17. The maximum Gasteiger partial charge on any atom is 0.264 e. The van der Waals surface area contributed by atoms with Crippen molar-refractivity contribution in [3.8, 4) is 0 Å². The summed E-state index contributed by atoms with van der Waals surface area (Å²) in [6.07, 6.45) is 3.09. The second-order valence-electron chi connectivity index (χ2n) is 7.94. The topological polar surface area (TPSA) is 117 Å². The normalized spacial score (nSPS) is 24.9. The number of halogens is 1. The minimum Gasteiger partial charge on any atom is -0.381 e. The van der Waals surface area contributed by atoms with Crippen molar-refractivity contribution in [3.05, 3.63) is 29.3 Å². The van der Waals surface area contributed by atoms with Gasteiger partial charge in [0.15, 0.2) is 0 Å². The summed E-state index contributed by atoms with van der Waals surface area (Å²) in [5.41, 5.74) is 1.18. The van der Waals surface area contributed by atoms with Crippen molar-refractivity contribution in [2.75, 3.05) is 25.5 Å². The first-order chi connectivity index (χ1) is 14.5. The first-order valence-corrected chi connectivity index (χ1v) is 10.4. The summed E-state index contributed by atoms with van der Waals surface area (Å²) in [5.74, 6) is -1.98. The maximum absolute atomic E-state index is 13.1. The van der Waals surface area contributed by atoms with Crippen molar-refractivity contribution < 1.29 is 23.9 Å². The number of nitrogens with one attached hydrogen (secondary N) is 3. The summed E-state index contributed by atoms with van der Waals surface area (Å²) in [7, 11) is 1.91. The maximum atomic E-state index is 13.1. The largest absolute Gasteiger partial charge is 0.381 e. The van der Waals surface area contributed by atoms with Gasteiger partial charge in [-0.15, -0.1) is 17.0 Å². The van der Waals surface area contributed by atoms with Crippen molar-refractivity contribution in [2.45, 2.75) is 50.3 Å². The van der Waals surface area contributed by atoms with Crippen LogP contribution in [0.4, 0.5) is 5.69 Å². The molecule has 0 radical (unpaired) electrons. The summed E-state index contributed by atoms with van der Waals surface area (Å²) in [6, 6.07) is 4.31. The number of nitrogens with zero attached hydrogens (tertiary/aromatic N) is 1. The molecule has 0 bridgehead atoms. The van der Waals surface area contributed by atoms with Gasteiger partial charge in [-0.3, -0.25) is 29.4 Å². The Morgan fingerprint density at radius 1 is 1.16 bits per heavy atom. The quantitative estimate of drug-likeness (QED) is 0.367. The summed E-state index contributed by atoms with van der Waals surface area (Å²) in [5, 5.41) is 8.65. The van der Waals surface area contributed by atoms with Crippen LogP contribution in [0.2, 0.25) is 0 Å². The van der Waals surface area contributed by atoms with E-state index in [1.165, 1.54) is 0 Å². The Morgan fingerprint density at radius 2 is 1.94 bits per heavy atom. The summed E-state index contributed by atoms with van der Waals surface area (Å²) in [4.78, 5) is 50.6. The van der Waals surface area contributed by atoms with Crippen LogP contribution in [0.1, 0.15) is 52.8 Å². The number of hydrogen-bond donors (Lipinski definition) is 3. The molecule has 3 aliphatic rings. The number of amides is 4. The van der Waals surface area contributed by atoms with E-state index in [-0.39, 0.29) is 53.4 Å². The molecule has 3 N–H and O–H groups in total. The SMILES string of the molecule is Br.CNCCCOC1CC(Nc2cccc3c2C(=O)N(C2CCC(=O)NC2=O)C3=O)C1. The highest BCUT2D eigenvalue weighted by Gasteiger charge is 2.46. The van der Waals surface area contributed by atoms with Crippen LogP contribution in [0.5, 0.6) is 0 Å². The molecule has 1 saturated heterocycles. The van der Waals surface area contributed by atoms with E-state index in [1.807, 2.05) is 7.05 Å². The minimum absolute atomic E-state index is 0. The molecule has 31 heavy (non-hydrogen) atoms. The summed E-state index contributed by atoms with van der Waals surface area (Å²) >= 11 is 0. The smallest absolute Gasteiger partial charge is 0.264 e. The summed E-state index contributed by atoms with van der Waals surface area (Å²) < 4.78 is 5.81. The molecule has 2 fully saturated rings. The third-order valence-corrected chi connectivity index (χ3v) is 5.85. The van der Waals surface area contributed by atoms with Gasteiger partial charge in [0, 0.05) is 24.8 Å². The van der Waals surface area contributed by atoms with Gasteiger partial charge in [0.05, 0.1) is 17.2 Å². The predicted octanol–water partition coefficient (Wildman–Crippen LogP) is 1.23. The fraction of sp³-hybridized carbons (Fsp3) is 0.524. The zero-order valence-electron chi connectivity index (χ0n) is 17.3. The van der Waals surface area contributed by atoms with E-state index in [0.29, 0.717) is 17.9 Å². The second kappa shape index (κ2) is 9.88. The highest BCUT2D eigenvalue weighted by Crippen LogP contribution is 2.35. The van der Waals surface area contributed by atoms with Crippen molar-refractivity contribution >= 4 is 46.3 Å². The van der Waals surface area contributed by atoms with Crippen LogP contribution in [-0.4, -0.2) is 66.9 Å². The minimum atomic E-state index is -0.956. The number of rotatable bonds is 8. The van der Waals surface area contributed by atoms with Crippen LogP contribution in [0.3, 0.4) is 0 Å². The number of carbonyl (C=O) groups excluding carboxylic acids is 4. The molecular formula is C21H27BrN4O5. The Morgan fingerprint density at radius 3 is 2.65 bits per heavy atom. The predicted molar refractivity (Wildman–Crippen MR) is 118 cm³/mol. The van der Waals surface area contributed by atoms with Gasteiger partial charge >= 0.3 is 0 Å². The van der Waals surface area contributed by atoms with Gasteiger partial charge in [0.2, 0.25) is 11.8 Å². The van der Waals surface area contributed by atoms with Crippen LogP contribution in [0.15, 0.2) is 18.2 Å². The molecular weight excluding hydrogens is 468 g/mol. The van der Waals surface area contributed by atoms with Crippen molar-refractivity contribution in [1.82, 2.24) is 15.5 Å². The molecule has 2 aliphatic heterocycles. The first kappa shape index (κ1) is 23.4. The first-order valence-electron chi connectivity index (χ1n) is 10.4. The van der Waals surface area contributed by atoms with Crippen molar-refractivity contribution in [2.24, 2.45) is 0 Å². The van der Waals surface area contributed by atoms with Gasteiger partial charge in [-0.2, -0.15) is 0 Å². The third kappa shape index (κ3) is 4.65. The van der Waals surface area contributed by atoms with Crippen molar-refractivity contribution in [3.63, 3.8) is 0 Å². The van der Waals surface area contributed by atoms with E-state index in [1.54, 1.807) is 18.2 Å². The monoisotopic (exact) mass is 494 g/mol. The zero-order valence-corrected chi connectivity index (χ0v) is 19.0. The Hall–Kier alpha value is -2.30. The lowest BCUT2D eigenvalue weighted by atomic mass is 9.88. The zero-order chi connectivity index (χ0) is 21.3. The van der Waals surface area contributed by atoms with E-state index in [2.05, 4.69) is 16.0 Å². The van der Waals surface area contributed by atoms with E-state index in [4.69, 9.17) is 4.74 Å². The molecule has 1 unspecified atom stereocenters.